The zero-order chi connectivity index (χ0) is 18.9. The molecule has 0 fully saturated rings. The van der Waals surface area contributed by atoms with E-state index in [0.29, 0.717) is 24.4 Å². The predicted molar refractivity (Wildman–Crippen MR) is 105 cm³/mol. The maximum absolute atomic E-state index is 12.8. The van der Waals surface area contributed by atoms with Crippen molar-refractivity contribution < 1.29 is 9.59 Å². The Labute approximate surface area is 160 Å². The number of likely N-dealkylation sites (N-methyl/N-ethyl adjacent to an activating group) is 1. The van der Waals surface area contributed by atoms with E-state index in [4.69, 9.17) is 11.6 Å². The lowest BCUT2D eigenvalue weighted by molar-refractivity contribution is -0.141. The summed E-state index contributed by atoms with van der Waals surface area (Å²) in [5.41, 5.74) is 1.84. The molecule has 0 radical (unpaired) electrons. The average Bonchev–Trinajstić information content (AvgIpc) is 2.66. The van der Waals surface area contributed by atoms with E-state index in [1.54, 1.807) is 18.0 Å². The highest BCUT2D eigenvalue weighted by atomic mass is 35.5. The lowest BCUT2D eigenvalue weighted by Gasteiger charge is -2.31. The lowest BCUT2D eigenvalue weighted by atomic mass is 10.0. The normalized spacial score (nSPS) is 11.7. The van der Waals surface area contributed by atoms with Crippen molar-refractivity contribution in [3.05, 3.63) is 70.7 Å². The average molecular weight is 373 g/mol. The molecule has 1 atom stereocenters. The van der Waals surface area contributed by atoms with Crippen LogP contribution >= 0.6 is 11.6 Å². The van der Waals surface area contributed by atoms with Gasteiger partial charge in [-0.25, -0.2) is 0 Å². The van der Waals surface area contributed by atoms with Crippen LogP contribution < -0.4 is 5.32 Å². The molecule has 0 aliphatic carbocycles. The first kappa shape index (κ1) is 20.0. The van der Waals surface area contributed by atoms with Crippen molar-refractivity contribution in [1.82, 2.24) is 10.2 Å². The first-order chi connectivity index (χ1) is 12.6. The number of carbonyl (C=O) groups is 2. The highest BCUT2D eigenvalue weighted by Gasteiger charge is 2.29. The molecule has 2 aromatic carbocycles. The van der Waals surface area contributed by atoms with Crippen LogP contribution in [0.4, 0.5) is 0 Å². The summed E-state index contributed by atoms with van der Waals surface area (Å²) in [6, 6.07) is 16.6. The minimum atomic E-state index is -0.585. The van der Waals surface area contributed by atoms with Gasteiger partial charge in [-0.15, -0.1) is 0 Å². The summed E-state index contributed by atoms with van der Waals surface area (Å²) in [4.78, 5) is 27.1. The van der Waals surface area contributed by atoms with E-state index >= 15 is 0 Å². The molecule has 138 valence electrons. The van der Waals surface area contributed by atoms with E-state index in [-0.39, 0.29) is 11.8 Å². The van der Waals surface area contributed by atoms with Gasteiger partial charge in [0.2, 0.25) is 11.8 Å². The predicted octanol–water partition coefficient (Wildman–Crippen LogP) is 3.83. The van der Waals surface area contributed by atoms with Crippen molar-refractivity contribution in [3.63, 3.8) is 0 Å². The molecule has 5 heteroatoms. The molecule has 4 nitrogen and oxygen atoms in total. The van der Waals surface area contributed by atoms with Gasteiger partial charge in [-0.05, 0) is 23.6 Å². The van der Waals surface area contributed by atoms with Gasteiger partial charge in [0.1, 0.15) is 6.04 Å². The van der Waals surface area contributed by atoms with E-state index in [1.807, 2.05) is 55.5 Å². The maximum atomic E-state index is 12.8. The number of nitrogens with one attached hydrogen (secondary N) is 1. The summed E-state index contributed by atoms with van der Waals surface area (Å²) in [7, 11) is 1.60. The van der Waals surface area contributed by atoms with Crippen molar-refractivity contribution in [2.75, 3.05) is 7.05 Å². The van der Waals surface area contributed by atoms with Crippen molar-refractivity contribution in [2.45, 2.75) is 38.8 Å². The van der Waals surface area contributed by atoms with Crippen molar-refractivity contribution in [2.24, 2.45) is 0 Å². The third kappa shape index (κ3) is 5.33. The Morgan fingerprint density at radius 3 is 2.35 bits per heavy atom. The zero-order valence-corrected chi connectivity index (χ0v) is 16.0. The van der Waals surface area contributed by atoms with Crippen LogP contribution in [-0.2, 0) is 22.6 Å². The molecule has 2 aromatic rings. The Morgan fingerprint density at radius 1 is 1.08 bits per heavy atom. The highest BCUT2D eigenvalue weighted by Crippen LogP contribution is 2.21. The minimum absolute atomic E-state index is 0.0445. The fraction of sp³-hybridized carbons (Fsp3) is 0.333. The van der Waals surface area contributed by atoms with Crippen LogP contribution in [0.1, 0.15) is 30.9 Å². The van der Waals surface area contributed by atoms with Crippen molar-refractivity contribution in [3.8, 4) is 0 Å². The molecule has 0 aliphatic heterocycles. The summed E-state index contributed by atoms with van der Waals surface area (Å²) < 4.78 is 0. The number of halogens is 1. The third-order valence-electron chi connectivity index (χ3n) is 4.28. The maximum Gasteiger partial charge on any atom is 0.242 e. The summed E-state index contributed by atoms with van der Waals surface area (Å²) >= 11 is 6.29. The van der Waals surface area contributed by atoms with Crippen LogP contribution in [0.25, 0.3) is 0 Å². The van der Waals surface area contributed by atoms with Gasteiger partial charge in [0.25, 0.3) is 0 Å². The monoisotopic (exact) mass is 372 g/mol. The molecule has 2 rings (SSSR count). The summed E-state index contributed by atoms with van der Waals surface area (Å²) in [6.45, 7) is 2.26. The quantitative estimate of drug-likeness (QED) is 0.765. The van der Waals surface area contributed by atoms with Gasteiger partial charge in [-0.1, -0.05) is 67.1 Å². The number of carbonyl (C=O) groups excluding carboxylic acids is 2. The zero-order valence-electron chi connectivity index (χ0n) is 15.2. The molecule has 0 aliphatic rings. The molecule has 0 spiro atoms. The number of hydrogen-bond donors (Lipinski definition) is 1. The molecule has 0 saturated carbocycles. The van der Waals surface area contributed by atoms with Crippen molar-refractivity contribution >= 4 is 23.4 Å². The Balaban J connectivity index is 2.35. The fourth-order valence-electron chi connectivity index (χ4n) is 2.89. The SMILES string of the molecule is CCCC(=O)N(Cc1ccccc1Cl)[C@H](Cc1ccccc1)C(=O)NC. The van der Waals surface area contributed by atoms with Crippen LogP contribution in [0.2, 0.25) is 5.02 Å². The van der Waals surface area contributed by atoms with Gasteiger partial charge < -0.3 is 10.2 Å². The molecule has 0 aromatic heterocycles. The molecule has 0 heterocycles. The van der Waals surface area contributed by atoms with E-state index in [0.717, 1.165) is 17.5 Å². The second-order valence-electron chi connectivity index (χ2n) is 6.18. The largest absolute Gasteiger partial charge is 0.357 e. The minimum Gasteiger partial charge on any atom is -0.357 e. The van der Waals surface area contributed by atoms with Crippen LogP contribution in [0.5, 0.6) is 0 Å². The molecule has 0 saturated heterocycles. The third-order valence-corrected chi connectivity index (χ3v) is 4.65. The molecule has 2 amide bonds. The second kappa shape index (κ2) is 9.97. The van der Waals surface area contributed by atoms with Gasteiger partial charge in [-0.2, -0.15) is 0 Å². The first-order valence-corrected chi connectivity index (χ1v) is 9.23. The Bertz CT molecular complexity index is 734. The first-order valence-electron chi connectivity index (χ1n) is 8.85. The molecular weight excluding hydrogens is 348 g/mol. The summed E-state index contributed by atoms with van der Waals surface area (Å²) in [5, 5.41) is 3.29. The van der Waals surface area contributed by atoms with Gasteiger partial charge in [0.15, 0.2) is 0 Å². The number of amides is 2. The van der Waals surface area contributed by atoms with Crippen LogP contribution in [0, 0.1) is 0 Å². The van der Waals surface area contributed by atoms with Gasteiger partial charge in [0, 0.05) is 31.5 Å². The van der Waals surface area contributed by atoms with Gasteiger partial charge in [0.05, 0.1) is 0 Å². The summed E-state index contributed by atoms with van der Waals surface area (Å²) in [6.07, 6.45) is 1.58. The van der Waals surface area contributed by atoms with E-state index in [9.17, 15) is 9.59 Å². The fourth-order valence-corrected chi connectivity index (χ4v) is 3.08. The van der Waals surface area contributed by atoms with E-state index < -0.39 is 6.04 Å². The Morgan fingerprint density at radius 2 is 1.73 bits per heavy atom. The standard InChI is InChI=1S/C21H25ClN2O2/c1-3-9-20(25)24(15-17-12-7-8-13-18(17)22)19(21(26)23-2)14-16-10-5-4-6-11-16/h4-8,10-13,19H,3,9,14-15H2,1-2H3,(H,23,26)/t19-/m1/s1. The molecule has 0 unspecified atom stereocenters. The Hall–Kier alpha value is -2.33. The van der Waals surface area contributed by atoms with Gasteiger partial charge in [-0.3, -0.25) is 9.59 Å². The number of rotatable bonds is 8. The van der Waals surface area contributed by atoms with Crippen molar-refractivity contribution in [1.29, 1.82) is 0 Å². The molecule has 1 N–H and O–H groups in total. The smallest absolute Gasteiger partial charge is 0.242 e. The van der Waals surface area contributed by atoms with Crippen LogP contribution in [0.15, 0.2) is 54.6 Å². The lowest BCUT2D eigenvalue weighted by Crippen LogP contribution is -2.49. The Kier molecular flexibility index (Phi) is 7.67. The van der Waals surface area contributed by atoms with Gasteiger partial charge >= 0.3 is 0 Å². The van der Waals surface area contributed by atoms with Crippen LogP contribution in [0.3, 0.4) is 0 Å². The van der Waals surface area contributed by atoms with Crippen LogP contribution in [-0.4, -0.2) is 29.8 Å². The van der Waals surface area contributed by atoms with E-state index in [1.165, 1.54) is 0 Å². The van der Waals surface area contributed by atoms with E-state index in [2.05, 4.69) is 5.32 Å². The highest BCUT2D eigenvalue weighted by molar-refractivity contribution is 6.31. The topological polar surface area (TPSA) is 49.4 Å². The second-order valence-corrected chi connectivity index (χ2v) is 6.59. The molecule has 0 bridgehead atoms. The number of benzene rings is 2. The molecule has 26 heavy (non-hydrogen) atoms. The number of nitrogens with zero attached hydrogens (tertiary/aromatic N) is 1. The summed E-state index contributed by atoms with van der Waals surface area (Å²) in [5.74, 6) is -0.220. The number of hydrogen-bond acceptors (Lipinski definition) is 2. The molecular formula is C21H25ClN2O2.